The topological polar surface area (TPSA) is 83.6 Å². The van der Waals surface area contributed by atoms with Crippen LogP contribution in [0.15, 0.2) is 103 Å². The van der Waals surface area contributed by atoms with Gasteiger partial charge in [0, 0.05) is 16.8 Å². The van der Waals surface area contributed by atoms with Gasteiger partial charge >= 0.3 is 0 Å². The molecule has 0 unspecified atom stereocenters. The molecular formula is C32H32N2O4S. The maximum Gasteiger partial charge on any atom is 0.257 e. The molecule has 0 bridgehead atoms. The third-order valence-electron chi connectivity index (χ3n) is 6.38. The Morgan fingerprint density at radius 2 is 1.41 bits per heavy atom. The largest absolute Gasteiger partial charge is 0.322 e. The van der Waals surface area contributed by atoms with E-state index in [1.165, 1.54) is 4.31 Å². The summed E-state index contributed by atoms with van der Waals surface area (Å²) in [5.74, 6) is -0.635. The molecule has 1 N–H and O–H groups in total. The minimum absolute atomic E-state index is 0.0180. The van der Waals surface area contributed by atoms with E-state index >= 15 is 0 Å². The molecule has 0 saturated heterocycles. The number of ketones is 1. The zero-order valence-corrected chi connectivity index (χ0v) is 23.3. The van der Waals surface area contributed by atoms with Crippen LogP contribution in [0.4, 0.5) is 11.4 Å². The first kappa shape index (κ1) is 27.8. The molecule has 0 heterocycles. The number of anilines is 2. The summed E-state index contributed by atoms with van der Waals surface area (Å²) in [6, 6.07) is 30.0. The highest BCUT2D eigenvalue weighted by atomic mass is 32.2. The average Bonchev–Trinajstić information content (AvgIpc) is 2.91. The third kappa shape index (κ3) is 6.81. The Hall–Kier alpha value is -4.23. The predicted molar refractivity (Wildman–Crippen MR) is 157 cm³/mol. The van der Waals surface area contributed by atoms with E-state index in [0.29, 0.717) is 16.8 Å². The van der Waals surface area contributed by atoms with Crippen LogP contribution in [0.25, 0.3) is 0 Å². The zero-order valence-electron chi connectivity index (χ0n) is 22.5. The molecule has 0 saturated carbocycles. The van der Waals surface area contributed by atoms with Crippen LogP contribution in [0.1, 0.15) is 58.2 Å². The summed E-state index contributed by atoms with van der Waals surface area (Å²) in [5.41, 5.74) is 3.80. The summed E-state index contributed by atoms with van der Waals surface area (Å²) >= 11 is 0. The van der Waals surface area contributed by atoms with Gasteiger partial charge in [-0.1, -0.05) is 99.6 Å². The number of rotatable bonds is 8. The molecule has 0 radical (unpaired) electrons. The minimum atomic E-state index is -3.70. The van der Waals surface area contributed by atoms with Gasteiger partial charge in [0.25, 0.3) is 5.91 Å². The van der Waals surface area contributed by atoms with Gasteiger partial charge in [0.2, 0.25) is 10.0 Å². The van der Waals surface area contributed by atoms with Crippen molar-refractivity contribution >= 4 is 33.1 Å². The number of carbonyl (C=O) groups is 2. The second kappa shape index (κ2) is 11.3. The molecular weight excluding hydrogens is 508 g/mol. The fraction of sp³-hybridized carbons (Fsp3) is 0.188. The van der Waals surface area contributed by atoms with Crippen molar-refractivity contribution in [2.45, 2.75) is 32.7 Å². The molecule has 6 nitrogen and oxygen atoms in total. The molecule has 1 amide bonds. The van der Waals surface area contributed by atoms with E-state index < -0.39 is 15.9 Å². The maximum absolute atomic E-state index is 13.4. The monoisotopic (exact) mass is 540 g/mol. The van der Waals surface area contributed by atoms with Crippen LogP contribution in [-0.4, -0.2) is 26.4 Å². The Morgan fingerprint density at radius 1 is 0.769 bits per heavy atom. The molecule has 0 aliphatic carbocycles. The Bertz CT molecular complexity index is 1590. The van der Waals surface area contributed by atoms with E-state index in [0.717, 1.165) is 17.4 Å². The Balaban J connectivity index is 1.59. The van der Waals surface area contributed by atoms with Gasteiger partial charge in [-0.05, 0) is 40.8 Å². The van der Waals surface area contributed by atoms with Gasteiger partial charge in [-0.15, -0.1) is 0 Å². The summed E-state index contributed by atoms with van der Waals surface area (Å²) in [5, 5.41) is 2.83. The minimum Gasteiger partial charge on any atom is -0.322 e. The van der Waals surface area contributed by atoms with E-state index in [1.807, 2.05) is 54.6 Å². The number of hydrogen-bond acceptors (Lipinski definition) is 4. The first-order valence-electron chi connectivity index (χ1n) is 12.6. The Morgan fingerprint density at radius 3 is 2.05 bits per heavy atom. The number of benzene rings is 4. The fourth-order valence-corrected chi connectivity index (χ4v) is 5.14. The standard InChI is InChI=1S/C32H32N2O4S/c1-32(2,3)26-19-17-24(18-20-26)30(35)25-13-10-14-27(21-25)33-31(36)28-15-8-9-16-29(28)34(39(4,37)38)22-23-11-6-5-7-12-23/h5-21H,22H2,1-4H3,(H,33,36). The second-order valence-electron chi connectivity index (χ2n) is 10.5. The SMILES string of the molecule is CC(C)(C)c1ccc(C(=O)c2cccc(NC(=O)c3ccccc3N(Cc3ccccc3)S(C)(=O)=O)c2)cc1. The number of carbonyl (C=O) groups excluding carboxylic acids is 2. The highest BCUT2D eigenvalue weighted by Crippen LogP contribution is 2.27. The number of amides is 1. The van der Waals surface area contributed by atoms with Gasteiger partial charge in [0.15, 0.2) is 5.78 Å². The van der Waals surface area contributed by atoms with Crippen molar-refractivity contribution in [2.24, 2.45) is 0 Å². The van der Waals surface area contributed by atoms with Gasteiger partial charge < -0.3 is 5.32 Å². The molecule has 4 aromatic rings. The van der Waals surface area contributed by atoms with Crippen LogP contribution < -0.4 is 9.62 Å². The highest BCUT2D eigenvalue weighted by molar-refractivity contribution is 7.92. The van der Waals surface area contributed by atoms with Gasteiger partial charge in [-0.2, -0.15) is 0 Å². The van der Waals surface area contributed by atoms with Crippen LogP contribution in [0.3, 0.4) is 0 Å². The number of hydrogen-bond donors (Lipinski definition) is 1. The Labute approximate surface area is 230 Å². The summed E-state index contributed by atoms with van der Waals surface area (Å²) in [6.45, 7) is 6.43. The van der Waals surface area contributed by atoms with Crippen LogP contribution in [0.2, 0.25) is 0 Å². The normalized spacial score (nSPS) is 11.6. The van der Waals surface area contributed by atoms with Crippen molar-refractivity contribution in [3.05, 3.63) is 131 Å². The summed E-state index contributed by atoms with van der Waals surface area (Å²) in [7, 11) is -3.70. The van der Waals surface area contributed by atoms with Crippen LogP contribution >= 0.6 is 0 Å². The molecule has 0 fully saturated rings. The van der Waals surface area contributed by atoms with Gasteiger partial charge in [0.1, 0.15) is 0 Å². The zero-order chi connectivity index (χ0) is 28.2. The second-order valence-corrected chi connectivity index (χ2v) is 12.4. The summed E-state index contributed by atoms with van der Waals surface area (Å²) < 4.78 is 26.7. The lowest BCUT2D eigenvalue weighted by atomic mass is 9.86. The van der Waals surface area contributed by atoms with Crippen molar-refractivity contribution < 1.29 is 18.0 Å². The van der Waals surface area contributed by atoms with Gasteiger partial charge in [0.05, 0.1) is 24.1 Å². The molecule has 0 aliphatic heterocycles. The van der Waals surface area contributed by atoms with Crippen LogP contribution in [0.5, 0.6) is 0 Å². The number of sulfonamides is 1. The van der Waals surface area contributed by atoms with Crippen molar-refractivity contribution in [1.82, 2.24) is 0 Å². The number of para-hydroxylation sites is 1. The van der Waals surface area contributed by atoms with E-state index in [9.17, 15) is 18.0 Å². The third-order valence-corrected chi connectivity index (χ3v) is 7.51. The van der Waals surface area contributed by atoms with Crippen molar-refractivity contribution in [3.63, 3.8) is 0 Å². The first-order valence-corrected chi connectivity index (χ1v) is 14.5. The fourth-order valence-electron chi connectivity index (χ4n) is 4.24. The molecule has 0 atom stereocenters. The molecule has 4 rings (SSSR count). The van der Waals surface area contributed by atoms with Crippen molar-refractivity contribution in [1.29, 1.82) is 0 Å². The predicted octanol–water partition coefficient (Wildman–Crippen LogP) is 6.43. The number of nitrogens with zero attached hydrogens (tertiary/aromatic N) is 1. The van der Waals surface area contributed by atoms with E-state index in [2.05, 4.69) is 26.1 Å². The van der Waals surface area contributed by atoms with E-state index in [-0.39, 0.29) is 29.0 Å². The van der Waals surface area contributed by atoms with Gasteiger partial charge in [-0.25, -0.2) is 8.42 Å². The maximum atomic E-state index is 13.4. The molecule has 0 spiro atoms. The molecule has 4 aromatic carbocycles. The first-order chi connectivity index (χ1) is 18.4. The smallest absolute Gasteiger partial charge is 0.257 e. The van der Waals surface area contributed by atoms with Crippen molar-refractivity contribution in [2.75, 3.05) is 15.9 Å². The summed E-state index contributed by atoms with van der Waals surface area (Å²) in [4.78, 5) is 26.5. The molecule has 200 valence electrons. The van der Waals surface area contributed by atoms with Crippen molar-refractivity contribution in [3.8, 4) is 0 Å². The van der Waals surface area contributed by atoms with Gasteiger partial charge in [-0.3, -0.25) is 13.9 Å². The lowest BCUT2D eigenvalue weighted by Crippen LogP contribution is -2.31. The Kier molecular flexibility index (Phi) is 8.02. The molecule has 7 heteroatoms. The lowest BCUT2D eigenvalue weighted by Gasteiger charge is -2.24. The number of nitrogens with one attached hydrogen (secondary N) is 1. The van der Waals surface area contributed by atoms with E-state index in [1.54, 1.807) is 48.5 Å². The summed E-state index contributed by atoms with van der Waals surface area (Å²) in [6.07, 6.45) is 1.12. The van der Waals surface area contributed by atoms with Crippen LogP contribution in [0, 0.1) is 0 Å². The highest BCUT2D eigenvalue weighted by Gasteiger charge is 2.24. The molecule has 0 aromatic heterocycles. The quantitative estimate of drug-likeness (QED) is 0.261. The van der Waals surface area contributed by atoms with Crippen LogP contribution in [-0.2, 0) is 22.0 Å². The molecule has 39 heavy (non-hydrogen) atoms. The lowest BCUT2D eigenvalue weighted by molar-refractivity contribution is 0.102. The molecule has 0 aliphatic rings. The van der Waals surface area contributed by atoms with E-state index in [4.69, 9.17) is 0 Å². The average molecular weight is 541 g/mol.